The quantitative estimate of drug-likeness (QED) is 0.792. The molecule has 0 saturated heterocycles. The summed E-state index contributed by atoms with van der Waals surface area (Å²) < 4.78 is 0. The lowest BCUT2D eigenvalue weighted by Crippen LogP contribution is -2.23. The first kappa shape index (κ1) is 15.6. The summed E-state index contributed by atoms with van der Waals surface area (Å²) in [6.07, 6.45) is 0. The van der Waals surface area contributed by atoms with Crippen molar-refractivity contribution in [3.8, 4) is 0 Å². The van der Waals surface area contributed by atoms with E-state index in [1.807, 2.05) is 32.0 Å². The van der Waals surface area contributed by atoms with Gasteiger partial charge in [-0.2, -0.15) is 0 Å². The number of hydrogen-bond acceptors (Lipinski definition) is 3. The summed E-state index contributed by atoms with van der Waals surface area (Å²) in [7, 11) is 0. The number of aryl methyl sites for hydroxylation is 2. The van der Waals surface area contributed by atoms with Crippen LogP contribution in [0.5, 0.6) is 0 Å². The van der Waals surface area contributed by atoms with Crippen molar-refractivity contribution in [2.75, 3.05) is 17.2 Å². The van der Waals surface area contributed by atoms with E-state index in [2.05, 4.69) is 10.6 Å². The lowest BCUT2D eigenvalue weighted by molar-refractivity contribution is -0.114. The number of carboxylic acids is 1. The number of rotatable bonds is 5. The maximum absolute atomic E-state index is 12.0. The van der Waals surface area contributed by atoms with E-state index in [-0.39, 0.29) is 18.0 Å². The molecule has 0 spiro atoms. The molecule has 0 heterocycles. The van der Waals surface area contributed by atoms with Crippen molar-refractivity contribution in [3.63, 3.8) is 0 Å². The van der Waals surface area contributed by atoms with Gasteiger partial charge in [-0.25, -0.2) is 4.79 Å². The van der Waals surface area contributed by atoms with Crippen LogP contribution < -0.4 is 10.6 Å². The molecule has 5 heteroatoms. The number of nitrogens with one attached hydrogen (secondary N) is 2. The molecular formula is C17H18N2O3. The second-order valence-electron chi connectivity index (χ2n) is 5.07. The molecule has 0 unspecified atom stereocenters. The standard InChI is InChI=1S/C17H18N2O3/c1-11-7-8-14(12(2)9-11)18-10-16(20)19-15-6-4-3-5-13(15)17(21)22/h3-9,18H,10H2,1-2H3,(H,19,20)(H,21,22). The maximum Gasteiger partial charge on any atom is 0.337 e. The number of carbonyl (C=O) groups excluding carboxylic acids is 1. The number of benzene rings is 2. The van der Waals surface area contributed by atoms with E-state index in [4.69, 9.17) is 5.11 Å². The minimum Gasteiger partial charge on any atom is -0.478 e. The Balaban J connectivity index is 2.00. The van der Waals surface area contributed by atoms with Crippen LogP contribution >= 0.6 is 0 Å². The molecule has 1 amide bonds. The van der Waals surface area contributed by atoms with Gasteiger partial charge in [0.05, 0.1) is 17.8 Å². The summed E-state index contributed by atoms with van der Waals surface area (Å²) in [5, 5.41) is 14.7. The predicted molar refractivity (Wildman–Crippen MR) is 86.4 cm³/mol. The van der Waals surface area contributed by atoms with Crippen LogP contribution in [0.4, 0.5) is 11.4 Å². The summed E-state index contributed by atoms with van der Waals surface area (Å²) in [5.41, 5.74) is 3.46. The SMILES string of the molecule is Cc1ccc(NCC(=O)Nc2ccccc2C(=O)O)c(C)c1. The largest absolute Gasteiger partial charge is 0.478 e. The molecule has 0 saturated carbocycles. The van der Waals surface area contributed by atoms with Gasteiger partial charge >= 0.3 is 5.97 Å². The summed E-state index contributed by atoms with van der Waals surface area (Å²) >= 11 is 0. The highest BCUT2D eigenvalue weighted by atomic mass is 16.4. The number of aromatic carboxylic acids is 1. The third kappa shape index (κ3) is 3.85. The van der Waals surface area contributed by atoms with Gasteiger partial charge in [0.2, 0.25) is 5.91 Å². The molecule has 5 nitrogen and oxygen atoms in total. The van der Waals surface area contributed by atoms with Gasteiger partial charge in [0.1, 0.15) is 0 Å². The van der Waals surface area contributed by atoms with E-state index >= 15 is 0 Å². The molecule has 0 atom stereocenters. The van der Waals surface area contributed by atoms with Crippen LogP contribution in [-0.2, 0) is 4.79 Å². The van der Waals surface area contributed by atoms with Gasteiger partial charge in [-0.3, -0.25) is 4.79 Å². The smallest absolute Gasteiger partial charge is 0.337 e. The van der Waals surface area contributed by atoms with E-state index in [1.54, 1.807) is 18.2 Å². The molecule has 114 valence electrons. The molecule has 0 aliphatic rings. The highest BCUT2D eigenvalue weighted by Gasteiger charge is 2.11. The van der Waals surface area contributed by atoms with Gasteiger partial charge < -0.3 is 15.7 Å². The monoisotopic (exact) mass is 298 g/mol. The summed E-state index contributed by atoms with van der Waals surface area (Å²) in [6, 6.07) is 12.2. The van der Waals surface area contributed by atoms with Gasteiger partial charge in [0, 0.05) is 5.69 Å². The van der Waals surface area contributed by atoms with Crippen molar-refractivity contribution in [2.45, 2.75) is 13.8 Å². The maximum atomic E-state index is 12.0. The van der Waals surface area contributed by atoms with Gasteiger partial charge in [-0.1, -0.05) is 29.8 Å². The molecule has 2 rings (SSSR count). The van der Waals surface area contributed by atoms with Crippen molar-refractivity contribution in [1.29, 1.82) is 0 Å². The Bertz CT molecular complexity index is 711. The van der Waals surface area contributed by atoms with E-state index in [9.17, 15) is 9.59 Å². The summed E-state index contributed by atoms with van der Waals surface area (Å²) in [6.45, 7) is 4.04. The minimum atomic E-state index is -1.07. The Morgan fingerprint density at radius 1 is 1.05 bits per heavy atom. The third-order valence-corrected chi connectivity index (χ3v) is 3.25. The summed E-state index contributed by atoms with van der Waals surface area (Å²) in [5.74, 6) is -1.37. The van der Waals surface area contributed by atoms with Crippen LogP contribution in [0.25, 0.3) is 0 Å². The number of para-hydroxylation sites is 1. The molecule has 3 N–H and O–H groups in total. The molecular weight excluding hydrogens is 280 g/mol. The van der Waals surface area contributed by atoms with Crippen LogP contribution in [-0.4, -0.2) is 23.5 Å². The van der Waals surface area contributed by atoms with E-state index in [0.29, 0.717) is 5.69 Å². The van der Waals surface area contributed by atoms with Gasteiger partial charge in [0.15, 0.2) is 0 Å². The molecule has 2 aromatic rings. The zero-order valence-corrected chi connectivity index (χ0v) is 12.5. The average molecular weight is 298 g/mol. The first-order valence-corrected chi connectivity index (χ1v) is 6.90. The zero-order valence-electron chi connectivity index (χ0n) is 12.5. The van der Waals surface area contributed by atoms with E-state index in [0.717, 1.165) is 16.8 Å². The van der Waals surface area contributed by atoms with Crippen LogP contribution in [0.15, 0.2) is 42.5 Å². The Kier molecular flexibility index (Phi) is 4.78. The Hall–Kier alpha value is -2.82. The van der Waals surface area contributed by atoms with Crippen molar-refractivity contribution < 1.29 is 14.7 Å². The Labute approximate surface area is 129 Å². The third-order valence-electron chi connectivity index (χ3n) is 3.25. The second kappa shape index (κ2) is 6.76. The summed E-state index contributed by atoms with van der Waals surface area (Å²) in [4.78, 5) is 23.1. The second-order valence-corrected chi connectivity index (χ2v) is 5.07. The lowest BCUT2D eigenvalue weighted by atomic mass is 10.1. The average Bonchev–Trinajstić information content (AvgIpc) is 2.46. The molecule has 0 radical (unpaired) electrons. The topological polar surface area (TPSA) is 78.4 Å². The fraction of sp³-hybridized carbons (Fsp3) is 0.176. The molecule has 0 aromatic heterocycles. The Morgan fingerprint density at radius 3 is 2.45 bits per heavy atom. The Morgan fingerprint density at radius 2 is 1.77 bits per heavy atom. The number of carboxylic acid groups (broad SMARTS) is 1. The number of hydrogen-bond donors (Lipinski definition) is 3. The molecule has 0 bridgehead atoms. The molecule has 0 aliphatic heterocycles. The first-order chi connectivity index (χ1) is 10.5. The van der Waals surface area contributed by atoms with Crippen LogP contribution in [0.1, 0.15) is 21.5 Å². The molecule has 2 aromatic carbocycles. The van der Waals surface area contributed by atoms with Crippen molar-refractivity contribution in [3.05, 3.63) is 59.2 Å². The number of carbonyl (C=O) groups is 2. The fourth-order valence-electron chi connectivity index (χ4n) is 2.16. The highest BCUT2D eigenvalue weighted by Crippen LogP contribution is 2.17. The van der Waals surface area contributed by atoms with Crippen LogP contribution in [0.2, 0.25) is 0 Å². The van der Waals surface area contributed by atoms with E-state index in [1.165, 1.54) is 6.07 Å². The van der Waals surface area contributed by atoms with Gasteiger partial charge in [-0.05, 0) is 37.6 Å². The van der Waals surface area contributed by atoms with Crippen LogP contribution in [0, 0.1) is 13.8 Å². The van der Waals surface area contributed by atoms with Crippen molar-refractivity contribution in [2.24, 2.45) is 0 Å². The predicted octanol–water partition coefficient (Wildman–Crippen LogP) is 3.05. The molecule has 0 aliphatic carbocycles. The molecule has 0 fully saturated rings. The normalized spacial score (nSPS) is 10.1. The first-order valence-electron chi connectivity index (χ1n) is 6.90. The van der Waals surface area contributed by atoms with Crippen LogP contribution in [0.3, 0.4) is 0 Å². The van der Waals surface area contributed by atoms with Crippen molar-refractivity contribution >= 4 is 23.3 Å². The zero-order chi connectivity index (χ0) is 16.1. The number of anilines is 2. The van der Waals surface area contributed by atoms with Gasteiger partial charge in [0.25, 0.3) is 0 Å². The van der Waals surface area contributed by atoms with Crippen molar-refractivity contribution in [1.82, 2.24) is 0 Å². The highest BCUT2D eigenvalue weighted by molar-refractivity contribution is 6.01. The number of amides is 1. The fourth-order valence-corrected chi connectivity index (χ4v) is 2.16. The minimum absolute atomic E-state index is 0.0673. The lowest BCUT2D eigenvalue weighted by Gasteiger charge is -2.11. The molecule has 22 heavy (non-hydrogen) atoms. The van der Waals surface area contributed by atoms with Gasteiger partial charge in [-0.15, -0.1) is 0 Å². The van der Waals surface area contributed by atoms with E-state index < -0.39 is 5.97 Å².